The second kappa shape index (κ2) is 9.99. The highest BCUT2D eigenvalue weighted by Gasteiger charge is 2.28. The molecule has 5 rings (SSSR count). The van der Waals surface area contributed by atoms with E-state index in [1.807, 2.05) is 12.1 Å². The molecule has 2 N–H and O–H groups in total. The standard InChI is InChI=1S/C28H34FN5O/c1-18-11-19(13-21(30)12-18)23-5-6-31-16-20(23)14-27(35)24-3-4-26(29)25-15-22(17-32-28(24)25)34-9-7-33(2)8-10-34/h3-6,15-19,21H,7-14,30H2,1-2H3/t18-,19+,21-/m0/s1. The zero-order valence-electron chi connectivity index (χ0n) is 20.6. The lowest BCUT2D eigenvalue weighted by molar-refractivity contribution is 0.0994. The number of piperazine rings is 1. The molecule has 0 amide bonds. The van der Waals surface area contributed by atoms with Gasteiger partial charge >= 0.3 is 0 Å². The second-order valence-electron chi connectivity index (χ2n) is 10.4. The Kier molecular flexibility index (Phi) is 6.80. The first-order valence-corrected chi connectivity index (χ1v) is 12.6. The van der Waals surface area contributed by atoms with Gasteiger partial charge in [0.2, 0.25) is 0 Å². The Bertz CT molecular complexity index is 1210. The van der Waals surface area contributed by atoms with Crippen molar-refractivity contribution in [1.82, 2.24) is 14.9 Å². The molecule has 7 heteroatoms. The molecule has 184 valence electrons. The largest absolute Gasteiger partial charge is 0.368 e. The van der Waals surface area contributed by atoms with E-state index in [1.165, 1.54) is 6.07 Å². The molecule has 2 fully saturated rings. The molecule has 1 aromatic carbocycles. The molecular weight excluding hydrogens is 441 g/mol. The number of carbonyl (C=O) groups excluding carboxylic acids is 1. The smallest absolute Gasteiger partial charge is 0.169 e. The van der Waals surface area contributed by atoms with Crippen LogP contribution in [-0.2, 0) is 6.42 Å². The number of likely N-dealkylation sites (N-methyl/N-ethyl adjacent to an activating group) is 1. The predicted octanol–water partition coefficient (Wildman–Crippen LogP) is 4.18. The van der Waals surface area contributed by atoms with E-state index < -0.39 is 0 Å². The van der Waals surface area contributed by atoms with Crippen LogP contribution in [0.2, 0.25) is 0 Å². The molecule has 0 spiro atoms. The molecule has 0 unspecified atom stereocenters. The number of aromatic nitrogens is 2. The van der Waals surface area contributed by atoms with Gasteiger partial charge in [-0.05, 0) is 73.5 Å². The van der Waals surface area contributed by atoms with E-state index in [0.717, 1.165) is 62.3 Å². The summed E-state index contributed by atoms with van der Waals surface area (Å²) in [6.45, 7) is 5.90. The predicted molar refractivity (Wildman–Crippen MR) is 137 cm³/mol. The molecule has 3 atom stereocenters. The van der Waals surface area contributed by atoms with Crippen LogP contribution in [0.3, 0.4) is 0 Å². The maximum Gasteiger partial charge on any atom is 0.169 e. The number of hydrogen-bond acceptors (Lipinski definition) is 6. The van der Waals surface area contributed by atoms with E-state index in [9.17, 15) is 9.18 Å². The fourth-order valence-electron chi connectivity index (χ4n) is 5.80. The number of halogens is 1. The fraction of sp³-hybridized carbons (Fsp3) is 0.464. The Balaban J connectivity index is 1.42. The number of carbonyl (C=O) groups is 1. The summed E-state index contributed by atoms with van der Waals surface area (Å²) in [6, 6.07) is 7.00. The molecule has 6 nitrogen and oxygen atoms in total. The highest BCUT2D eigenvalue weighted by Crippen LogP contribution is 2.37. The van der Waals surface area contributed by atoms with Gasteiger partial charge in [0.15, 0.2) is 5.78 Å². The van der Waals surface area contributed by atoms with Crippen LogP contribution in [0, 0.1) is 11.7 Å². The number of Topliss-reactive ketones (excluding diaryl/α,β-unsaturated/α-hetero) is 1. The number of anilines is 1. The number of hydrogen-bond donors (Lipinski definition) is 1. The number of nitrogens with two attached hydrogens (primary N) is 1. The molecule has 1 saturated heterocycles. The van der Waals surface area contributed by atoms with Gasteiger partial charge in [0.05, 0.1) is 17.4 Å². The summed E-state index contributed by atoms with van der Waals surface area (Å²) >= 11 is 0. The van der Waals surface area contributed by atoms with Crippen LogP contribution in [0.4, 0.5) is 10.1 Å². The molecule has 1 aliphatic carbocycles. The van der Waals surface area contributed by atoms with E-state index in [4.69, 9.17) is 5.73 Å². The molecule has 3 aromatic rings. The third kappa shape index (κ3) is 5.07. The number of rotatable bonds is 5. The van der Waals surface area contributed by atoms with E-state index in [0.29, 0.717) is 28.3 Å². The molecule has 35 heavy (non-hydrogen) atoms. The number of fused-ring (bicyclic) bond motifs is 1. The molecule has 3 heterocycles. The van der Waals surface area contributed by atoms with Crippen LogP contribution < -0.4 is 10.6 Å². The van der Waals surface area contributed by atoms with Crippen molar-refractivity contribution in [3.05, 3.63) is 65.4 Å². The minimum atomic E-state index is -0.354. The van der Waals surface area contributed by atoms with Gasteiger partial charge in [-0.15, -0.1) is 0 Å². The molecule has 2 aliphatic rings. The Labute approximate surface area is 206 Å². The minimum absolute atomic E-state index is 0.0720. The lowest BCUT2D eigenvalue weighted by atomic mass is 9.75. The van der Waals surface area contributed by atoms with Crippen LogP contribution in [0.25, 0.3) is 10.9 Å². The third-order valence-corrected chi connectivity index (χ3v) is 7.66. The Morgan fingerprint density at radius 1 is 1.11 bits per heavy atom. The van der Waals surface area contributed by atoms with Crippen molar-refractivity contribution in [2.24, 2.45) is 11.7 Å². The number of pyridine rings is 2. The maximum absolute atomic E-state index is 14.8. The summed E-state index contributed by atoms with van der Waals surface area (Å²) in [5, 5.41) is 0.394. The van der Waals surface area contributed by atoms with Crippen molar-refractivity contribution in [3.63, 3.8) is 0 Å². The van der Waals surface area contributed by atoms with E-state index in [-0.39, 0.29) is 24.1 Å². The Morgan fingerprint density at radius 2 is 1.91 bits per heavy atom. The Morgan fingerprint density at radius 3 is 2.69 bits per heavy atom. The van der Waals surface area contributed by atoms with Crippen LogP contribution in [0.1, 0.15) is 53.6 Å². The highest BCUT2D eigenvalue weighted by molar-refractivity contribution is 6.08. The number of benzene rings is 1. The summed E-state index contributed by atoms with van der Waals surface area (Å²) < 4.78 is 14.8. The molecule has 0 bridgehead atoms. The molecule has 1 aliphatic heterocycles. The Hall–Kier alpha value is -2.90. The SMILES string of the molecule is C[C@@H]1C[C@H](N)C[C@H](c2ccncc2CC(=O)c2ccc(F)c3cc(N4CCN(C)CC4)cnc23)C1. The van der Waals surface area contributed by atoms with Crippen LogP contribution >= 0.6 is 0 Å². The first kappa shape index (κ1) is 23.8. The summed E-state index contributed by atoms with van der Waals surface area (Å²) in [5.41, 5.74) is 10.2. The topological polar surface area (TPSA) is 75.3 Å². The monoisotopic (exact) mass is 475 g/mol. The van der Waals surface area contributed by atoms with Gasteiger partial charge in [-0.2, -0.15) is 0 Å². The number of nitrogens with zero attached hydrogens (tertiary/aromatic N) is 4. The first-order valence-electron chi connectivity index (χ1n) is 12.6. The lowest BCUT2D eigenvalue weighted by Crippen LogP contribution is -2.44. The van der Waals surface area contributed by atoms with Crippen LogP contribution in [0.5, 0.6) is 0 Å². The van der Waals surface area contributed by atoms with Crippen molar-refractivity contribution in [2.75, 3.05) is 38.1 Å². The van der Waals surface area contributed by atoms with E-state index in [2.05, 4.69) is 33.7 Å². The van der Waals surface area contributed by atoms with Crippen LogP contribution in [-0.4, -0.2) is 59.9 Å². The summed E-state index contributed by atoms with van der Waals surface area (Å²) in [7, 11) is 2.10. The molecule has 0 radical (unpaired) electrons. The van der Waals surface area contributed by atoms with Gasteiger partial charge in [-0.25, -0.2) is 4.39 Å². The van der Waals surface area contributed by atoms with Crippen molar-refractivity contribution < 1.29 is 9.18 Å². The van der Waals surface area contributed by atoms with Gasteiger partial charge < -0.3 is 15.5 Å². The second-order valence-corrected chi connectivity index (χ2v) is 10.4. The number of ketones is 1. The average Bonchev–Trinajstić information content (AvgIpc) is 2.84. The molecule has 2 aromatic heterocycles. The van der Waals surface area contributed by atoms with Crippen molar-refractivity contribution in [3.8, 4) is 0 Å². The van der Waals surface area contributed by atoms with Gasteiger partial charge in [0.1, 0.15) is 5.82 Å². The van der Waals surface area contributed by atoms with Gasteiger partial charge in [-0.3, -0.25) is 14.8 Å². The summed E-state index contributed by atoms with van der Waals surface area (Å²) in [4.78, 5) is 26.9. The average molecular weight is 476 g/mol. The summed E-state index contributed by atoms with van der Waals surface area (Å²) in [5.74, 6) is 0.457. The quantitative estimate of drug-likeness (QED) is 0.558. The molecular formula is C28H34FN5O. The molecule has 1 saturated carbocycles. The first-order chi connectivity index (χ1) is 16.9. The fourth-order valence-corrected chi connectivity index (χ4v) is 5.80. The zero-order valence-corrected chi connectivity index (χ0v) is 20.6. The third-order valence-electron chi connectivity index (χ3n) is 7.66. The van der Waals surface area contributed by atoms with Gasteiger partial charge in [0.25, 0.3) is 0 Å². The van der Waals surface area contributed by atoms with Crippen molar-refractivity contribution in [1.29, 1.82) is 0 Å². The van der Waals surface area contributed by atoms with Gasteiger partial charge in [-0.1, -0.05) is 6.92 Å². The van der Waals surface area contributed by atoms with E-state index >= 15 is 0 Å². The minimum Gasteiger partial charge on any atom is -0.368 e. The van der Waals surface area contributed by atoms with Gasteiger partial charge in [0, 0.05) is 62.0 Å². The summed E-state index contributed by atoms with van der Waals surface area (Å²) in [6.07, 6.45) is 8.60. The van der Waals surface area contributed by atoms with Crippen molar-refractivity contribution >= 4 is 22.4 Å². The van der Waals surface area contributed by atoms with Crippen molar-refractivity contribution in [2.45, 2.75) is 44.6 Å². The van der Waals surface area contributed by atoms with Crippen LogP contribution in [0.15, 0.2) is 42.9 Å². The lowest BCUT2D eigenvalue weighted by Gasteiger charge is -2.34. The van der Waals surface area contributed by atoms with E-state index in [1.54, 1.807) is 24.7 Å². The highest BCUT2D eigenvalue weighted by atomic mass is 19.1. The normalized spacial score (nSPS) is 23.5. The maximum atomic E-state index is 14.8. The zero-order chi connectivity index (χ0) is 24.5.